The molecular weight excluding hydrogens is 251 g/mol. The fourth-order valence-corrected chi connectivity index (χ4v) is 1.84. The Morgan fingerprint density at radius 2 is 1.65 bits per heavy atom. The third kappa shape index (κ3) is 7.52. The van der Waals surface area contributed by atoms with Crippen LogP contribution in [0.25, 0.3) is 0 Å². The maximum atomic E-state index is 13.5. The zero-order chi connectivity index (χ0) is 16.0. The van der Waals surface area contributed by atoms with E-state index in [1.165, 1.54) is 6.07 Å². The van der Waals surface area contributed by atoms with E-state index >= 15 is 0 Å². The van der Waals surface area contributed by atoms with E-state index in [1.807, 2.05) is 40.7 Å². The van der Waals surface area contributed by atoms with Crippen molar-refractivity contribution in [3.05, 3.63) is 29.6 Å². The average Bonchev–Trinajstić information content (AvgIpc) is 2.51. The third-order valence-electron chi connectivity index (χ3n) is 2.79. The smallest absolute Gasteiger partial charge is 0.130 e. The highest BCUT2D eigenvalue weighted by atomic mass is 19.1. The van der Waals surface area contributed by atoms with E-state index in [4.69, 9.17) is 4.74 Å². The van der Waals surface area contributed by atoms with E-state index in [9.17, 15) is 4.39 Å². The van der Waals surface area contributed by atoms with Crippen LogP contribution in [0, 0.1) is 5.82 Å². The van der Waals surface area contributed by atoms with Gasteiger partial charge in [0.15, 0.2) is 0 Å². The van der Waals surface area contributed by atoms with Crippen LogP contribution < -0.4 is 4.74 Å². The van der Waals surface area contributed by atoms with Gasteiger partial charge in [0.2, 0.25) is 0 Å². The predicted octanol–water partition coefficient (Wildman–Crippen LogP) is 6.40. The highest BCUT2D eigenvalue weighted by molar-refractivity contribution is 5.34. The van der Waals surface area contributed by atoms with Gasteiger partial charge in [0, 0.05) is 5.56 Å². The van der Waals surface area contributed by atoms with Gasteiger partial charge >= 0.3 is 0 Å². The molecule has 0 radical (unpaired) electrons. The van der Waals surface area contributed by atoms with E-state index in [0.717, 1.165) is 19.3 Å². The van der Waals surface area contributed by atoms with E-state index < -0.39 is 0 Å². The van der Waals surface area contributed by atoms with Gasteiger partial charge in [-0.3, -0.25) is 0 Å². The van der Waals surface area contributed by atoms with Crippen LogP contribution in [0.1, 0.15) is 73.3 Å². The molecule has 0 fully saturated rings. The maximum Gasteiger partial charge on any atom is 0.130 e. The molecule has 1 aromatic rings. The summed E-state index contributed by atoms with van der Waals surface area (Å²) in [5, 5.41) is 0. The van der Waals surface area contributed by atoms with Crippen molar-refractivity contribution in [2.75, 3.05) is 0 Å². The van der Waals surface area contributed by atoms with Crippen molar-refractivity contribution in [3.8, 4) is 5.75 Å². The molecule has 1 unspecified atom stereocenters. The maximum absolute atomic E-state index is 13.5. The van der Waals surface area contributed by atoms with Gasteiger partial charge in [-0.15, -0.1) is 0 Å². The van der Waals surface area contributed by atoms with Crippen molar-refractivity contribution >= 4 is 0 Å². The lowest BCUT2D eigenvalue weighted by molar-refractivity contribution is 0.183. The van der Waals surface area contributed by atoms with Crippen LogP contribution in [0.2, 0.25) is 0 Å². The minimum Gasteiger partial charge on any atom is -0.490 e. The Hall–Kier alpha value is -1.05. The lowest BCUT2D eigenvalue weighted by Gasteiger charge is -2.19. The van der Waals surface area contributed by atoms with Crippen molar-refractivity contribution in [1.29, 1.82) is 0 Å². The topological polar surface area (TPSA) is 9.23 Å². The summed E-state index contributed by atoms with van der Waals surface area (Å²) in [6.07, 6.45) is 3.96. The summed E-state index contributed by atoms with van der Waals surface area (Å²) in [7, 11) is 0. The molecule has 0 aliphatic carbocycles. The molecule has 0 aromatic heterocycles. The van der Waals surface area contributed by atoms with Gasteiger partial charge in [-0.25, -0.2) is 4.39 Å². The minimum atomic E-state index is -0.161. The molecule has 0 saturated carbocycles. The van der Waals surface area contributed by atoms with Gasteiger partial charge in [0.05, 0.1) is 6.10 Å². The molecule has 0 N–H and O–H groups in total. The lowest BCUT2D eigenvalue weighted by atomic mass is 10.1. The molecule has 1 nitrogen and oxygen atoms in total. The molecule has 1 atom stereocenters. The first-order valence-electron chi connectivity index (χ1n) is 8.16. The van der Waals surface area contributed by atoms with E-state index in [2.05, 4.69) is 13.8 Å². The Bertz CT molecular complexity index is 323. The molecule has 0 bridgehead atoms. The standard InChI is InChI=1S/C14H21FO.2C2H6/c1-4-8-11(5-2)16-14-10-7-9-13(15)12(14)6-3;2*1-2/h7,9-11H,4-6,8H2,1-3H3;2*1-2H3. The SMILES string of the molecule is CC.CC.CCCC(CC)Oc1cccc(F)c1CC. The van der Waals surface area contributed by atoms with Gasteiger partial charge < -0.3 is 4.74 Å². The van der Waals surface area contributed by atoms with Gasteiger partial charge in [-0.1, -0.05) is 61.0 Å². The molecule has 20 heavy (non-hydrogen) atoms. The summed E-state index contributed by atoms with van der Waals surface area (Å²) in [4.78, 5) is 0. The molecule has 0 saturated heterocycles. The molecule has 1 aromatic carbocycles. The molecule has 2 heteroatoms. The van der Waals surface area contributed by atoms with E-state index in [0.29, 0.717) is 17.7 Å². The van der Waals surface area contributed by atoms with Crippen molar-refractivity contribution in [3.63, 3.8) is 0 Å². The number of benzene rings is 1. The number of hydrogen-bond acceptors (Lipinski definition) is 1. The monoisotopic (exact) mass is 284 g/mol. The number of hydrogen-bond donors (Lipinski definition) is 0. The van der Waals surface area contributed by atoms with Crippen LogP contribution in [0.15, 0.2) is 18.2 Å². The van der Waals surface area contributed by atoms with Crippen molar-refractivity contribution in [2.45, 2.75) is 80.3 Å². The molecule has 0 aliphatic heterocycles. The van der Waals surface area contributed by atoms with E-state index in [-0.39, 0.29) is 11.9 Å². The fourth-order valence-electron chi connectivity index (χ4n) is 1.84. The largest absolute Gasteiger partial charge is 0.490 e. The third-order valence-corrected chi connectivity index (χ3v) is 2.79. The van der Waals surface area contributed by atoms with Gasteiger partial charge in [-0.05, 0) is 31.4 Å². The van der Waals surface area contributed by atoms with Crippen molar-refractivity contribution in [2.24, 2.45) is 0 Å². The molecule has 1 rings (SSSR count). The molecule has 0 amide bonds. The zero-order valence-electron chi connectivity index (χ0n) is 14.4. The lowest BCUT2D eigenvalue weighted by Crippen LogP contribution is -2.16. The molecule has 0 spiro atoms. The Morgan fingerprint density at radius 1 is 1.05 bits per heavy atom. The van der Waals surface area contributed by atoms with Crippen molar-refractivity contribution in [1.82, 2.24) is 0 Å². The quantitative estimate of drug-likeness (QED) is 0.587. The summed E-state index contributed by atoms with van der Waals surface area (Å²) in [5.41, 5.74) is 0.692. The summed E-state index contributed by atoms with van der Waals surface area (Å²) in [6, 6.07) is 5.06. The Kier molecular flexibility index (Phi) is 15.3. The highest BCUT2D eigenvalue weighted by Gasteiger charge is 2.12. The summed E-state index contributed by atoms with van der Waals surface area (Å²) < 4.78 is 19.4. The van der Waals surface area contributed by atoms with Crippen LogP contribution in [0.4, 0.5) is 4.39 Å². The summed E-state index contributed by atoms with van der Waals surface area (Å²) in [6.45, 7) is 14.2. The van der Waals surface area contributed by atoms with Crippen LogP contribution in [-0.4, -0.2) is 6.10 Å². The van der Waals surface area contributed by atoms with Crippen molar-refractivity contribution < 1.29 is 9.13 Å². The van der Waals surface area contributed by atoms with Crippen LogP contribution in [0.3, 0.4) is 0 Å². The minimum absolute atomic E-state index is 0.161. The zero-order valence-corrected chi connectivity index (χ0v) is 14.4. The number of halogens is 1. The van der Waals surface area contributed by atoms with E-state index in [1.54, 1.807) is 6.07 Å². The fraction of sp³-hybridized carbons (Fsp3) is 0.667. The van der Waals surface area contributed by atoms with Crippen LogP contribution in [-0.2, 0) is 6.42 Å². The Labute approximate surface area is 125 Å². The van der Waals surface area contributed by atoms with Gasteiger partial charge in [-0.2, -0.15) is 0 Å². The Balaban J connectivity index is 0. The highest BCUT2D eigenvalue weighted by Crippen LogP contribution is 2.24. The van der Waals surface area contributed by atoms with Gasteiger partial charge in [0.25, 0.3) is 0 Å². The second kappa shape index (κ2) is 14.4. The number of rotatable bonds is 6. The first-order valence-corrected chi connectivity index (χ1v) is 8.16. The first kappa shape index (κ1) is 21.3. The Morgan fingerprint density at radius 3 is 2.10 bits per heavy atom. The average molecular weight is 284 g/mol. The predicted molar refractivity (Wildman–Crippen MR) is 88.1 cm³/mol. The van der Waals surface area contributed by atoms with Crippen LogP contribution >= 0.6 is 0 Å². The second-order valence-electron chi connectivity index (χ2n) is 4.01. The van der Waals surface area contributed by atoms with Crippen LogP contribution in [0.5, 0.6) is 5.75 Å². The summed E-state index contributed by atoms with van der Waals surface area (Å²) >= 11 is 0. The second-order valence-corrected chi connectivity index (χ2v) is 4.01. The molecule has 118 valence electrons. The normalized spacial score (nSPS) is 10.6. The number of ether oxygens (including phenoxy) is 1. The first-order chi connectivity index (χ1) is 9.72. The molecule has 0 heterocycles. The van der Waals surface area contributed by atoms with Gasteiger partial charge in [0.1, 0.15) is 11.6 Å². The molecule has 0 aliphatic rings. The molecular formula is C18H33FO. The summed E-state index contributed by atoms with van der Waals surface area (Å²) in [5.74, 6) is 0.550.